The van der Waals surface area contributed by atoms with Gasteiger partial charge in [0.1, 0.15) is 5.00 Å². The van der Waals surface area contributed by atoms with Gasteiger partial charge in [-0.25, -0.2) is 4.79 Å². The fourth-order valence-corrected chi connectivity index (χ4v) is 5.18. The maximum Gasteiger partial charge on any atom is 0.341 e. The van der Waals surface area contributed by atoms with Crippen molar-refractivity contribution in [3.63, 3.8) is 0 Å². The van der Waals surface area contributed by atoms with E-state index in [1.807, 2.05) is 0 Å². The van der Waals surface area contributed by atoms with Gasteiger partial charge in [-0.3, -0.25) is 4.79 Å². The maximum absolute atomic E-state index is 12.8. The molecule has 4 nitrogen and oxygen atoms in total. The first-order chi connectivity index (χ1) is 13.2. The average Bonchev–Trinajstić information content (AvgIpc) is 2.98. The lowest BCUT2D eigenvalue weighted by molar-refractivity contribution is 0.0526. The van der Waals surface area contributed by atoms with Crippen LogP contribution in [0, 0.1) is 11.3 Å². The summed E-state index contributed by atoms with van der Waals surface area (Å²) >= 11 is 7.65. The minimum Gasteiger partial charge on any atom is -0.462 e. The Morgan fingerprint density at radius 1 is 1.29 bits per heavy atom. The van der Waals surface area contributed by atoms with Crippen LogP contribution in [-0.4, -0.2) is 18.5 Å². The summed E-state index contributed by atoms with van der Waals surface area (Å²) in [5, 5.41) is 3.85. The fraction of sp³-hybridized carbons (Fsp3) is 0.455. The summed E-state index contributed by atoms with van der Waals surface area (Å²) in [5.74, 6) is -0.147. The third kappa shape index (κ3) is 4.26. The van der Waals surface area contributed by atoms with Crippen LogP contribution in [0.15, 0.2) is 24.3 Å². The van der Waals surface area contributed by atoms with Gasteiger partial charge >= 0.3 is 5.97 Å². The lowest BCUT2D eigenvalue weighted by atomic mass is 9.72. The zero-order valence-corrected chi connectivity index (χ0v) is 18.3. The van der Waals surface area contributed by atoms with Crippen LogP contribution >= 0.6 is 22.9 Å². The molecule has 2 aromatic rings. The number of fused-ring (bicyclic) bond motifs is 1. The number of rotatable bonds is 4. The number of esters is 1. The molecule has 1 aliphatic rings. The molecule has 1 amide bonds. The normalized spacial score (nSPS) is 16.4. The predicted molar refractivity (Wildman–Crippen MR) is 115 cm³/mol. The van der Waals surface area contributed by atoms with Crippen molar-refractivity contribution >= 4 is 39.8 Å². The molecule has 0 aliphatic heterocycles. The second kappa shape index (κ2) is 8.26. The van der Waals surface area contributed by atoms with Crippen LogP contribution in [0.5, 0.6) is 0 Å². The minimum absolute atomic E-state index is 0.201. The first kappa shape index (κ1) is 20.9. The Labute approximate surface area is 175 Å². The molecule has 0 radical (unpaired) electrons. The second-order valence-electron chi connectivity index (χ2n) is 8.17. The van der Waals surface area contributed by atoms with Crippen molar-refractivity contribution in [1.82, 2.24) is 0 Å². The standard InChI is InChI=1S/C22H26ClNO3S/c1-5-27-21(26)18-15-11-10-13(22(2,3)4)12-17(15)28-20(18)24-19(25)14-8-6-7-9-16(14)23/h6-9,13H,5,10-12H2,1-4H3,(H,24,25). The predicted octanol–water partition coefficient (Wildman–Crippen LogP) is 5.98. The number of benzene rings is 1. The molecular weight excluding hydrogens is 394 g/mol. The topological polar surface area (TPSA) is 55.4 Å². The van der Waals surface area contributed by atoms with E-state index >= 15 is 0 Å². The summed E-state index contributed by atoms with van der Waals surface area (Å²) in [7, 11) is 0. The van der Waals surface area contributed by atoms with Crippen LogP contribution in [-0.2, 0) is 17.6 Å². The highest BCUT2D eigenvalue weighted by atomic mass is 35.5. The zero-order valence-electron chi connectivity index (χ0n) is 16.7. The molecule has 1 aromatic carbocycles. The van der Waals surface area contributed by atoms with E-state index in [2.05, 4.69) is 26.1 Å². The molecule has 28 heavy (non-hydrogen) atoms. The Balaban J connectivity index is 1.96. The van der Waals surface area contributed by atoms with E-state index in [-0.39, 0.29) is 17.3 Å². The molecule has 0 saturated heterocycles. The summed E-state index contributed by atoms with van der Waals surface area (Å²) < 4.78 is 5.29. The molecule has 0 spiro atoms. The number of anilines is 1. The van der Waals surface area contributed by atoms with Crippen molar-refractivity contribution in [3.8, 4) is 0 Å². The van der Waals surface area contributed by atoms with Gasteiger partial charge < -0.3 is 10.1 Å². The van der Waals surface area contributed by atoms with E-state index in [4.69, 9.17) is 16.3 Å². The molecule has 6 heteroatoms. The molecule has 1 atom stereocenters. The number of hydrogen-bond donors (Lipinski definition) is 1. The second-order valence-corrected chi connectivity index (χ2v) is 9.68. The maximum atomic E-state index is 12.8. The van der Waals surface area contributed by atoms with E-state index in [1.54, 1.807) is 31.2 Å². The third-order valence-electron chi connectivity index (χ3n) is 5.32. The Kier molecular flexibility index (Phi) is 6.15. The Morgan fingerprint density at radius 3 is 2.64 bits per heavy atom. The number of amides is 1. The molecule has 1 N–H and O–H groups in total. The highest BCUT2D eigenvalue weighted by molar-refractivity contribution is 7.17. The molecule has 0 bridgehead atoms. The quantitative estimate of drug-likeness (QED) is 0.620. The number of ether oxygens (including phenoxy) is 1. The Hall–Kier alpha value is -1.85. The molecule has 1 aliphatic carbocycles. The van der Waals surface area contributed by atoms with E-state index in [0.717, 1.165) is 24.8 Å². The summed E-state index contributed by atoms with van der Waals surface area (Å²) in [6, 6.07) is 6.89. The number of thiophene rings is 1. The summed E-state index contributed by atoms with van der Waals surface area (Å²) in [4.78, 5) is 26.6. The van der Waals surface area contributed by atoms with Gasteiger partial charge in [-0.05, 0) is 55.2 Å². The average molecular weight is 420 g/mol. The monoisotopic (exact) mass is 419 g/mol. The molecule has 3 rings (SSSR count). The fourth-order valence-electron chi connectivity index (χ4n) is 3.65. The third-order valence-corrected chi connectivity index (χ3v) is 6.81. The van der Waals surface area contributed by atoms with Gasteiger partial charge in [0.05, 0.1) is 22.8 Å². The molecule has 1 heterocycles. The van der Waals surface area contributed by atoms with Gasteiger partial charge in [-0.2, -0.15) is 0 Å². The van der Waals surface area contributed by atoms with Crippen LogP contribution in [0.1, 0.15) is 65.3 Å². The molecule has 150 valence electrons. The van der Waals surface area contributed by atoms with Crippen LogP contribution in [0.3, 0.4) is 0 Å². The van der Waals surface area contributed by atoms with Gasteiger partial charge in [-0.1, -0.05) is 44.5 Å². The number of halogens is 1. The van der Waals surface area contributed by atoms with Gasteiger partial charge in [0.2, 0.25) is 0 Å². The van der Waals surface area contributed by atoms with E-state index in [1.165, 1.54) is 16.2 Å². The van der Waals surface area contributed by atoms with Crippen LogP contribution in [0.25, 0.3) is 0 Å². The van der Waals surface area contributed by atoms with Gasteiger partial charge in [0.25, 0.3) is 5.91 Å². The first-order valence-corrected chi connectivity index (χ1v) is 10.8. The zero-order chi connectivity index (χ0) is 20.5. The van der Waals surface area contributed by atoms with Crippen LogP contribution < -0.4 is 5.32 Å². The number of carbonyl (C=O) groups excluding carboxylic acids is 2. The highest BCUT2D eigenvalue weighted by Gasteiger charge is 2.34. The lowest BCUT2D eigenvalue weighted by Gasteiger charge is -2.33. The van der Waals surface area contributed by atoms with Crippen LogP contribution in [0.2, 0.25) is 5.02 Å². The lowest BCUT2D eigenvalue weighted by Crippen LogP contribution is -2.26. The van der Waals surface area contributed by atoms with Crippen molar-refractivity contribution < 1.29 is 14.3 Å². The van der Waals surface area contributed by atoms with Crippen molar-refractivity contribution in [3.05, 3.63) is 50.9 Å². The van der Waals surface area contributed by atoms with Gasteiger partial charge in [0, 0.05) is 4.88 Å². The molecule has 1 unspecified atom stereocenters. The van der Waals surface area contributed by atoms with Gasteiger partial charge in [-0.15, -0.1) is 11.3 Å². The molecule has 1 aromatic heterocycles. The van der Waals surface area contributed by atoms with Crippen LogP contribution in [0.4, 0.5) is 5.00 Å². The number of nitrogens with one attached hydrogen (secondary N) is 1. The van der Waals surface area contributed by atoms with Crippen molar-refractivity contribution in [2.75, 3.05) is 11.9 Å². The summed E-state index contributed by atoms with van der Waals surface area (Å²) in [6.45, 7) is 8.84. The first-order valence-electron chi connectivity index (χ1n) is 9.60. The minimum atomic E-state index is -0.372. The Morgan fingerprint density at radius 2 is 2.00 bits per heavy atom. The number of hydrogen-bond acceptors (Lipinski definition) is 4. The van der Waals surface area contributed by atoms with Crippen molar-refractivity contribution in [2.24, 2.45) is 11.3 Å². The highest BCUT2D eigenvalue weighted by Crippen LogP contribution is 2.44. The molecule has 0 saturated carbocycles. The molecule has 0 fully saturated rings. The van der Waals surface area contributed by atoms with Gasteiger partial charge in [0.15, 0.2) is 0 Å². The van der Waals surface area contributed by atoms with Crippen molar-refractivity contribution in [1.29, 1.82) is 0 Å². The molecular formula is C22H26ClNO3S. The largest absolute Gasteiger partial charge is 0.462 e. The SMILES string of the molecule is CCOC(=O)c1c(NC(=O)c2ccccc2Cl)sc2c1CCC(C(C)(C)C)C2. The summed E-state index contributed by atoms with van der Waals surface area (Å²) in [5.41, 5.74) is 2.12. The number of carbonyl (C=O) groups is 2. The summed E-state index contributed by atoms with van der Waals surface area (Å²) in [6.07, 6.45) is 2.76. The van der Waals surface area contributed by atoms with Crippen molar-refractivity contribution in [2.45, 2.75) is 47.0 Å². The van der Waals surface area contributed by atoms with E-state index in [0.29, 0.717) is 33.7 Å². The Bertz CT molecular complexity index is 898. The van der Waals surface area contributed by atoms with E-state index < -0.39 is 0 Å². The smallest absolute Gasteiger partial charge is 0.341 e. The van der Waals surface area contributed by atoms with E-state index in [9.17, 15) is 9.59 Å².